The van der Waals surface area contributed by atoms with Gasteiger partial charge in [-0.05, 0) is 43.2 Å². The van der Waals surface area contributed by atoms with Gasteiger partial charge in [-0.3, -0.25) is 9.78 Å². The lowest BCUT2D eigenvalue weighted by Gasteiger charge is -2.45. The van der Waals surface area contributed by atoms with Crippen LogP contribution in [-0.4, -0.2) is 38.3 Å². The zero-order valence-corrected chi connectivity index (χ0v) is 16.5. The number of carbonyl (C=O) groups is 1. The van der Waals surface area contributed by atoms with E-state index < -0.39 is 0 Å². The van der Waals surface area contributed by atoms with Gasteiger partial charge in [0.05, 0.1) is 5.69 Å². The fraction of sp³-hybridized carbons (Fsp3) is 0.217. The van der Waals surface area contributed by atoms with E-state index in [2.05, 4.69) is 10.3 Å². The Balaban J connectivity index is 1.58. The highest BCUT2D eigenvalue weighted by molar-refractivity contribution is 5.81. The third-order valence-electron chi connectivity index (χ3n) is 5.61. The van der Waals surface area contributed by atoms with E-state index >= 15 is 0 Å². The second kappa shape index (κ2) is 7.33. The van der Waals surface area contributed by atoms with Crippen molar-refractivity contribution in [3.8, 4) is 11.3 Å². The number of hydrogen-bond acceptors (Lipinski definition) is 5. The molecule has 3 aromatic rings. The van der Waals surface area contributed by atoms with Crippen molar-refractivity contribution in [2.75, 3.05) is 11.9 Å². The molecule has 6 nitrogen and oxygen atoms in total. The Bertz CT molecular complexity index is 1150. The molecule has 2 aliphatic heterocycles. The number of rotatable bonds is 4. The highest BCUT2D eigenvalue weighted by Crippen LogP contribution is 2.42. The molecule has 0 saturated heterocycles. The molecule has 1 aliphatic carbocycles. The van der Waals surface area contributed by atoms with Crippen molar-refractivity contribution in [2.45, 2.75) is 25.8 Å². The molecule has 0 unspecified atom stereocenters. The third-order valence-corrected chi connectivity index (χ3v) is 5.61. The number of anilines is 2. The summed E-state index contributed by atoms with van der Waals surface area (Å²) < 4.78 is 13.6. The molecule has 1 saturated carbocycles. The number of nitrogens with zero attached hydrogens (tertiary/aromatic N) is 4. The summed E-state index contributed by atoms with van der Waals surface area (Å²) in [5.74, 6) is 0.900. The smallest absolute Gasteiger partial charge is 0.220 e. The van der Waals surface area contributed by atoms with Gasteiger partial charge in [-0.2, -0.15) is 0 Å². The zero-order valence-electron chi connectivity index (χ0n) is 16.5. The van der Waals surface area contributed by atoms with Crippen LogP contribution in [0.25, 0.3) is 16.8 Å². The standard InChI is InChI=1S/C23H20FN5O/c1-14(30)29-13-20(16-8-19(29)9-16)23-27-21(15-4-3-7-25-12-15)11-22(28-23)26-18-6-2-5-17(24)10-18/h2-7,10-12,19H,8-9,13H2,1H3,(H,26,27,28). The molecule has 1 fully saturated rings. The van der Waals surface area contributed by atoms with Gasteiger partial charge < -0.3 is 10.2 Å². The maximum Gasteiger partial charge on any atom is 0.220 e. The van der Waals surface area contributed by atoms with E-state index in [1.807, 2.05) is 23.1 Å². The van der Waals surface area contributed by atoms with Gasteiger partial charge >= 0.3 is 0 Å². The third kappa shape index (κ3) is 3.43. The summed E-state index contributed by atoms with van der Waals surface area (Å²) in [5, 5.41) is 3.18. The van der Waals surface area contributed by atoms with Crippen LogP contribution in [0, 0.1) is 5.82 Å². The Kier molecular flexibility index (Phi) is 4.50. The van der Waals surface area contributed by atoms with Crippen LogP contribution in [0.5, 0.6) is 0 Å². The first-order chi connectivity index (χ1) is 14.6. The number of benzene rings is 1. The summed E-state index contributed by atoms with van der Waals surface area (Å²) in [5.41, 5.74) is 4.49. The van der Waals surface area contributed by atoms with Crippen molar-refractivity contribution in [1.29, 1.82) is 0 Å². The van der Waals surface area contributed by atoms with E-state index in [4.69, 9.17) is 9.97 Å². The molecule has 1 amide bonds. The zero-order chi connectivity index (χ0) is 20.7. The highest BCUT2D eigenvalue weighted by atomic mass is 19.1. The lowest BCUT2D eigenvalue weighted by atomic mass is 9.77. The first kappa shape index (κ1) is 18.4. The van der Waals surface area contributed by atoms with Crippen molar-refractivity contribution < 1.29 is 9.18 Å². The molecule has 1 aromatic carbocycles. The van der Waals surface area contributed by atoms with E-state index in [1.165, 1.54) is 17.7 Å². The number of nitrogens with one attached hydrogen (secondary N) is 1. The number of fused-ring (bicyclic) bond motifs is 2. The molecule has 2 aromatic heterocycles. The van der Waals surface area contributed by atoms with E-state index in [0.717, 1.165) is 29.7 Å². The van der Waals surface area contributed by atoms with Crippen molar-refractivity contribution in [3.05, 3.63) is 72.1 Å². The van der Waals surface area contributed by atoms with Crippen LogP contribution in [0.3, 0.4) is 0 Å². The number of aromatic nitrogens is 3. The maximum atomic E-state index is 13.6. The average molecular weight is 401 g/mol. The predicted octanol–water partition coefficient (Wildman–Crippen LogP) is 4.20. The van der Waals surface area contributed by atoms with Crippen molar-refractivity contribution in [1.82, 2.24) is 19.9 Å². The molecule has 6 rings (SSSR count). The summed E-state index contributed by atoms with van der Waals surface area (Å²) in [6.45, 7) is 2.12. The van der Waals surface area contributed by atoms with Gasteiger partial charge in [0.2, 0.25) is 5.91 Å². The molecule has 2 bridgehead atoms. The van der Waals surface area contributed by atoms with Gasteiger partial charge in [0.15, 0.2) is 5.82 Å². The summed E-state index contributed by atoms with van der Waals surface area (Å²) in [4.78, 5) is 27.6. The SMILES string of the molecule is CC(=O)N1CC(c2nc(Nc3cccc(F)c3)cc(-c3cccnc3)n2)=C2CC1C2. The Hall–Kier alpha value is -3.61. The molecule has 150 valence electrons. The van der Waals surface area contributed by atoms with Crippen LogP contribution in [0.1, 0.15) is 25.6 Å². The fourth-order valence-corrected chi connectivity index (χ4v) is 4.01. The lowest BCUT2D eigenvalue weighted by molar-refractivity contribution is -0.131. The topological polar surface area (TPSA) is 71.0 Å². The highest BCUT2D eigenvalue weighted by Gasteiger charge is 2.39. The second-order valence-electron chi connectivity index (χ2n) is 7.63. The van der Waals surface area contributed by atoms with Crippen LogP contribution < -0.4 is 5.32 Å². The minimum Gasteiger partial charge on any atom is -0.340 e. The number of halogens is 1. The van der Waals surface area contributed by atoms with Crippen LogP contribution in [0.15, 0.2) is 60.4 Å². The van der Waals surface area contributed by atoms with Gasteiger partial charge in [-0.25, -0.2) is 14.4 Å². The molecule has 3 aliphatic rings. The van der Waals surface area contributed by atoms with Crippen LogP contribution in [0.2, 0.25) is 0 Å². The van der Waals surface area contributed by atoms with Crippen LogP contribution >= 0.6 is 0 Å². The fourth-order valence-electron chi connectivity index (χ4n) is 4.01. The minimum absolute atomic E-state index is 0.0674. The van der Waals surface area contributed by atoms with Crippen molar-refractivity contribution in [3.63, 3.8) is 0 Å². The average Bonchev–Trinajstić information content (AvgIpc) is 2.73. The molecule has 0 atom stereocenters. The van der Waals surface area contributed by atoms with Gasteiger partial charge in [0.1, 0.15) is 11.6 Å². The Morgan fingerprint density at radius 2 is 2.03 bits per heavy atom. The summed E-state index contributed by atoms with van der Waals surface area (Å²) in [6, 6.07) is 12.2. The van der Waals surface area contributed by atoms with Crippen molar-refractivity contribution in [2.24, 2.45) is 0 Å². The van der Waals surface area contributed by atoms with Crippen LogP contribution in [-0.2, 0) is 4.79 Å². The van der Waals surface area contributed by atoms with E-state index in [9.17, 15) is 9.18 Å². The molecule has 0 radical (unpaired) electrons. The quantitative estimate of drug-likeness (QED) is 0.710. The molecule has 4 heterocycles. The second-order valence-corrected chi connectivity index (χ2v) is 7.63. The van der Waals surface area contributed by atoms with E-state index in [0.29, 0.717) is 29.9 Å². The van der Waals surface area contributed by atoms with Crippen molar-refractivity contribution >= 4 is 23.0 Å². The minimum atomic E-state index is -0.323. The molecular weight excluding hydrogens is 381 g/mol. The van der Waals surface area contributed by atoms with E-state index in [-0.39, 0.29) is 11.7 Å². The normalized spacial score (nSPS) is 15.7. The predicted molar refractivity (Wildman–Crippen MR) is 112 cm³/mol. The molecule has 0 spiro atoms. The number of carbonyl (C=O) groups excluding carboxylic acids is 1. The lowest BCUT2D eigenvalue weighted by Crippen LogP contribution is -2.49. The Morgan fingerprint density at radius 1 is 1.17 bits per heavy atom. The number of amides is 1. The van der Waals surface area contributed by atoms with Gasteiger partial charge in [-0.1, -0.05) is 11.6 Å². The molecular formula is C23H20FN5O. The number of hydrogen-bond donors (Lipinski definition) is 1. The summed E-state index contributed by atoms with van der Waals surface area (Å²) in [7, 11) is 0. The van der Waals surface area contributed by atoms with E-state index in [1.54, 1.807) is 31.5 Å². The summed E-state index contributed by atoms with van der Waals surface area (Å²) >= 11 is 0. The van der Waals surface area contributed by atoms with Gasteiger partial charge in [-0.15, -0.1) is 0 Å². The first-order valence-electron chi connectivity index (χ1n) is 9.87. The van der Waals surface area contributed by atoms with Gasteiger partial charge in [0, 0.05) is 54.8 Å². The Morgan fingerprint density at radius 3 is 2.77 bits per heavy atom. The molecule has 7 heteroatoms. The number of pyridine rings is 1. The Labute approximate surface area is 173 Å². The monoisotopic (exact) mass is 401 g/mol. The summed E-state index contributed by atoms with van der Waals surface area (Å²) in [6.07, 6.45) is 5.21. The van der Waals surface area contributed by atoms with Gasteiger partial charge in [0.25, 0.3) is 0 Å². The largest absolute Gasteiger partial charge is 0.340 e. The molecule has 30 heavy (non-hydrogen) atoms. The first-order valence-corrected chi connectivity index (χ1v) is 9.87. The molecule has 1 N–H and O–H groups in total. The van der Waals surface area contributed by atoms with Crippen LogP contribution in [0.4, 0.5) is 15.9 Å². The maximum absolute atomic E-state index is 13.6.